The molecule has 0 aliphatic heterocycles. The highest BCUT2D eigenvalue weighted by molar-refractivity contribution is 14.1. The van der Waals surface area contributed by atoms with Gasteiger partial charge in [-0.2, -0.15) is 0 Å². The molecule has 1 heterocycles. The van der Waals surface area contributed by atoms with E-state index < -0.39 is 12.4 Å². The first-order chi connectivity index (χ1) is 7.99. The summed E-state index contributed by atoms with van der Waals surface area (Å²) in [7, 11) is 2.56. The Balaban J connectivity index is 3.15. The lowest BCUT2D eigenvalue weighted by Gasteiger charge is -2.10. The monoisotopic (exact) mass is 357 g/mol. The van der Waals surface area contributed by atoms with E-state index in [9.17, 15) is 13.6 Å². The van der Waals surface area contributed by atoms with Gasteiger partial charge >= 0.3 is 5.97 Å². The van der Waals surface area contributed by atoms with Gasteiger partial charge in [-0.15, -0.1) is 0 Å². The quantitative estimate of drug-likeness (QED) is 0.613. The highest BCUT2D eigenvalue weighted by Gasteiger charge is 2.19. The van der Waals surface area contributed by atoms with Crippen LogP contribution in [-0.4, -0.2) is 25.2 Å². The summed E-state index contributed by atoms with van der Waals surface area (Å²) in [5, 5.41) is 0. The average molecular weight is 357 g/mol. The lowest BCUT2D eigenvalue weighted by atomic mass is 10.2. The maximum absolute atomic E-state index is 12.7. The number of carbonyl (C=O) groups excluding carboxylic acids is 1. The van der Waals surface area contributed by atoms with Crippen molar-refractivity contribution < 1.29 is 23.0 Å². The number of pyridine rings is 1. The number of ether oxygens (including phenoxy) is 2. The molecule has 0 saturated carbocycles. The Bertz CT molecular complexity index is 426. The minimum Gasteiger partial charge on any atom is -0.480 e. The molecule has 0 unspecified atom stereocenters. The van der Waals surface area contributed by atoms with E-state index in [1.54, 1.807) is 22.6 Å². The van der Waals surface area contributed by atoms with E-state index in [4.69, 9.17) is 4.74 Å². The minimum atomic E-state index is -2.64. The van der Waals surface area contributed by atoms with Gasteiger partial charge in [0.05, 0.1) is 29.9 Å². The summed E-state index contributed by atoms with van der Waals surface area (Å²) < 4.78 is 35.1. The maximum Gasteiger partial charge on any atom is 0.311 e. The second-order valence-corrected chi connectivity index (χ2v) is 4.16. The summed E-state index contributed by atoms with van der Waals surface area (Å²) in [6.07, 6.45) is -2.81. The maximum atomic E-state index is 12.7. The van der Waals surface area contributed by atoms with Crippen molar-refractivity contribution in [1.82, 2.24) is 4.98 Å². The van der Waals surface area contributed by atoms with Gasteiger partial charge in [-0.05, 0) is 28.7 Å². The largest absolute Gasteiger partial charge is 0.480 e. The van der Waals surface area contributed by atoms with E-state index in [0.29, 0.717) is 0 Å². The summed E-state index contributed by atoms with van der Waals surface area (Å²) in [4.78, 5) is 15.0. The number of hydrogen-bond acceptors (Lipinski definition) is 4. The molecule has 0 saturated heterocycles. The third-order valence-corrected chi connectivity index (χ3v) is 3.07. The van der Waals surface area contributed by atoms with Crippen molar-refractivity contribution >= 4 is 28.6 Å². The van der Waals surface area contributed by atoms with Crippen LogP contribution in [0.4, 0.5) is 8.78 Å². The van der Waals surface area contributed by atoms with Crippen molar-refractivity contribution in [2.75, 3.05) is 14.2 Å². The molecule has 0 bridgehead atoms. The molecule has 0 radical (unpaired) electrons. The molecular formula is C10H10F2INO3. The van der Waals surface area contributed by atoms with Crippen LogP contribution < -0.4 is 4.74 Å². The molecule has 1 aromatic rings. The summed E-state index contributed by atoms with van der Waals surface area (Å²) in [6, 6.07) is 1.19. The van der Waals surface area contributed by atoms with Crippen LogP contribution in [-0.2, 0) is 16.0 Å². The third-order valence-electron chi connectivity index (χ3n) is 1.99. The molecule has 0 spiro atoms. The molecule has 0 N–H and O–H groups in total. The smallest absolute Gasteiger partial charge is 0.311 e. The van der Waals surface area contributed by atoms with E-state index in [1.807, 2.05) is 0 Å². The topological polar surface area (TPSA) is 48.4 Å². The highest BCUT2D eigenvalue weighted by Crippen LogP contribution is 2.30. The van der Waals surface area contributed by atoms with E-state index in [2.05, 4.69) is 9.72 Å². The lowest BCUT2D eigenvalue weighted by Crippen LogP contribution is -2.09. The number of methoxy groups -OCH3 is 2. The zero-order chi connectivity index (χ0) is 13.0. The Morgan fingerprint density at radius 2 is 2.18 bits per heavy atom. The van der Waals surface area contributed by atoms with Gasteiger partial charge < -0.3 is 9.47 Å². The Morgan fingerprint density at radius 3 is 2.65 bits per heavy atom. The standard InChI is InChI=1S/C10H10F2INO3/c1-16-7(15)4-5-3-6(9(11)12)8(13)10(14-5)17-2/h3,9H,4H2,1-2H3. The molecule has 7 heteroatoms. The molecule has 1 aromatic heterocycles. The van der Waals surface area contributed by atoms with Crippen molar-refractivity contribution in [3.05, 3.63) is 20.9 Å². The number of esters is 1. The molecule has 17 heavy (non-hydrogen) atoms. The number of alkyl halides is 2. The van der Waals surface area contributed by atoms with Crippen LogP contribution in [0, 0.1) is 3.57 Å². The van der Waals surface area contributed by atoms with Crippen molar-refractivity contribution in [3.63, 3.8) is 0 Å². The second kappa shape index (κ2) is 6.08. The molecule has 0 fully saturated rings. The minimum absolute atomic E-state index is 0.0855. The van der Waals surface area contributed by atoms with E-state index in [0.717, 1.165) is 0 Å². The molecule has 0 amide bonds. The normalized spacial score (nSPS) is 10.5. The fourth-order valence-electron chi connectivity index (χ4n) is 1.18. The molecule has 94 valence electrons. The van der Waals surface area contributed by atoms with Gasteiger partial charge in [0.1, 0.15) is 0 Å². The summed E-state index contributed by atoms with van der Waals surface area (Å²) in [6.45, 7) is 0. The van der Waals surface area contributed by atoms with Crippen molar-refractivity contribution in [2.45, 2.75) is 12.8 Å². The molecular weight excluding hydrogens is 347 g/mol. The van der Waals surface area contributed by atoms with Crippen molar-refractivity contribution in [2.24, 2.45) is 0 Å². The molecule has 0 aliphatic rings. The first kappa shape index (κ1) is 14.1. The zero-order valence-corrected chi connectivity index (χ0v) is 11.3. The zero-order valence-electron chi connectivity index (χ0n) is 9.17. The number of nitrogens with zero attached hydrogens (tertiary/aromatic N) is 1. The van der Waals surface area contributed by atoms with Crippen LogP contribution >= 0.6 is 22.6 Å². The summed E-state index contributed by atoms with van der Waals surface area (Å²) in [5.74, 6) is -0.455. The molecule has 0 aliphatic carbocycles. The number of hydrogen-bond donors (Lipinski definition) is 0. The van der Waals surface area contributed by atoms with Crippen LogP contribution in [0.2, 0.25) is 0 Å². The summed E-state index contributed by atoms with van der Waals surface area (Å²) >= 11 is 1.73. The molecule has 1 rings (SSSR count). The van der Waals surface area contributed by atoms with Gasteiger partial charge in [-0.25, -0.2) is 13.8 Å². The fourth-order valence-corrected chi connectivity index (χ4v) is 1.91. The van der Waals surface area contributed by atoms with Crippen LogP contribution in [0.25, 0.3) is 0 Å². The SMILES string of the molecule is COC(=O)Cc1cc(C(F)F)c(I)c(OC)n1. The Labute approximate surface area is 110 Å². The second-order valence-electron chi connectivity index (χ2n) is 3.08. The number of carbonyl (C=O) groups is 1. The summed E-state index contributed by atoms with van der Waals surface area (Å²) in [5.41, 5.74) is 0.000712. The Kier molecular flexibility index (Phi) is 5.03. The number of aromatic nitrogens is 1. The van der Waals surface area contributed by atoms with E-state index in [1.165, 1.54) is 20.3 Å². The number of rotatable bonds is 4. The highest BCUT2D eigenvalue weighted by atomic mass is 127. The van der Waals surface area contributed by atoms with Gasteiger partial charge in [0.15, 0.2) is 0 Å². The first-order valence-corrected chi connectivity index (χ1v) is 5.65. The van der Waals surface area contributed by atoms with Crippen LogP contribution in [0.5, 0.6) is 5.88 Å². The predicted octanol–water partition coefficient (Wildman–Crippen LogP) is 2.35. The van der Waals surface area contributed by atoms with E-state index >= 15 is 0 Å². The van der Waals surface area contributed by atoms with Gasteiger partial charge in [-0.1, -0.05) is 0 Å². The third kappa shape index (κ3) is 3.48. The first-order valence-electron chi connectivity index (χ1n) is 4.57. The molecule has 0 atom stereocenters. The van der Waals surface area contributed by atoms with Gasteiger partial charge in [0.2, 0.25) is 5.88 Å². The lowest BCUT2D eigenvalue weighted by molar-refractivity contribution is -0.139. The van der Waals surface area contributed by atoms with Gasteiger partial charge in [0.25, 0.3) is 6.43 Å². The Morgan fingerprint density at radius 1 is 1.53 bits per heavy atom. The average Bonchev–Trinajstić information content (AvgIpc) is 2.30. The van der Waals surface area contributed by atoms with Crippen LogP contribution in [0.1, 0.15) is 17.7 Å². The van der Waals surface area contributed by atoms with E-state index in [-0.39, 0.29) is 27.1 Å². The molecule has 4 nitrogen and oxygen atoms in total. The van der Waals surface area contributed by atoms with Crippen LogP contribution in [0.15, 0.2) is 6.07 Å². The predicted molar refractivity (Wildman–Crippen MR) is 64.2 cm³/mol. The molecule has 0 aromatic carbocycles. The van der Waals surface area contributed by atoms with Gasteiger partial charge in [0, 0.05) is 5.56 Å². The number of halogens is 3. The Hall–Kier alpha value is -0.990. The van der Waals surface area contributed by atoms with Crippen LogP contribution in [0.3, 0.4) is 0 Å². The van der Waals surface area contributed by atoms with Crippen molar-refractivity contribution in [1.29, 1.82) is 0 Å². The van der Waals surface area contributed by atoms with Gasteiger partial charge in [-0.3, -0.25) is 4.79 Å². The van der Waals surface area contributed by atoms with Crippen molar-refractivity contribution in [3.8, 4) is 5.88 Å². The fraction of sp³-hybridized carbons (Fsp3) is 0.400.